The number of hydrogen-bond acceptors (Lipinski definition) is 6. The van der Waals surface area contributed by atoms with Crippen LogP contribution in [0.5, 0.6) is 0 Å². The molecule has 46 heavy (non-hydrogen) atoms. The first-order chi connectivity index (χ1) is 22.8. The zero-order valence-electron chi connectivity index (χ0n) is 24.4. The molecule has 0 fully saturated rings. The molecular formula is C38H24N8. The number of benzene rings is 4. The molecular weight excluding hydrogens is 568 g/mol. The van der Waals surface area contributed by atoms with Gasteiger partial charge in [-0.25, -0.2) is 9.97 Å². The molecule has 0 unspecified atom stereocenters. The van der Waals surface area contributed by atoms with Crippen molar-refractivity contribution in [1.82, 2.24) is 39.9 Å². The maximum absolute atomic E-state index is 4.84. The van der Waals surface area contributed by atoms with Gasteiger partial charge in [0.15, 0.2) is 0 Å². The molecule has 8 nitrogen and oxygen atoms in total. The lowest BCUT2D eigenvalue weighted by Gasteiger charge is -2.03. The zero-order chi connectivity index (χ0) is 30.5. The van der Waals surface area contributed by atoms with Gasteiger partial charge in [-0.1, -0.05) is 60.7 Å². The predicted octanol–water partition coefficient (Wildman–Crippen LogP) is 8.65. The molecule has 6 aromatic heterocycles. The van der Waals surface area contributed by atoms with Gasteiger partial charge in [0, 0.05) is 57.5 Å². The fourth-order valence-corrected chi connectivity index (χ4v) is 6.15. The van der Waals surface area contributed by atoms with Gasteiger partial charge in [-0.15, -0.1) is 0 Å². The van der Waals surface area contributed by atoms with Crippen molar-refractivity contribution in [2.24, 2.45) is 0 Å². The van der Waals surface area contributed by atoms with Gasteiger partial charge in [-0.05, 0) is 48.5 Å². The van der Waals surface area contributed by atoms with E-state index >= 15 is 0 Å². The molecule has 0 bridgehead atoms. The highest BCUT2D eigenvalue weighted by Gasteiger charge is 2.16. The highest BCUT2D eigenvalue weighted by molar-refractivity contribution is 6.22. The Morgan fingerprint density at radius 2 is 0.674 bits per heavy atom. The Morgan fingerprint density at radius 1 is 0.326 bits per heavy atom. The minimum absolute atomic E-state index is 0.863. The second kappa shape index (κ2) is 10.6. The van der Waals surface area contributed by atoms with Crippen LogP contribution in [0.4, 0.5) is 0 Å². The van der Waals surface area contributed by atoms with E-state index < -0.39 is 0 Å². The lowest BCUT2D eigenvalue weighted by Crippen LogP contribution is -1.86. The van der Waals surface area contributed by atoms with Crippen molar-refractivity contribution in [2.75, 3.05) is 0 Å². The summed E-state index contributed by atoms with van der Waals surface area (Å²) in [5.74, 6) is 1.73. The molecule has 10 rings (SSSR count). The van der Waals surface area contributed by atoms with Crippen LogP contribution < -0.4 is 0 Å². The van der Waals surface area contributed by atoms with Crippen LogP contribution in [0.25, 0.3) is 88.5 Å². The predicted molar refractivity (Wildman–Crippen MR) is 184 cm³/mol. The van der Waals surface area contributed by atoms with Crippen LogP contribution in [-0.4, -0.2) is 39.9 Å². The Bertz CT molecular complexity index is 2360. The second-order valence-corrected chi connectivity index (χ2v) is 10.9. The molecule has 216 valence electrons. The third kappa shape index (κ3) is 4.16. The lowest BCUT2D eigenvalue weighted by atomic mass is 10.1. The maximum atomic E-state index is 4.84. The lowest BCUT2D eigenvalue weighted by molar-refractivity contribution is 1.34. The van der Waals surface area contributed by atoms with E-state index in [-0.39, 0.29) is 0 Å². The van der Waals surface area contributed by atoms with E-state index in [1.54, 1.807) is 24.8 Å². The maximum Gasteiger partial charge on any atom is 0.138 e. The number of nitrogens with one attached hydrogen (secondary N) is 2. The zero-order valence-corrected chi connectivity index (χ0v) is 24.4. The van der Waals surface area contributed by atoms with Crippen LogP contribution in [-0.2, 0) is 0 Å². The number of imidazole rings is 2. The molecule has 0 spiro atoms. The number of aromatic nitrogens is 8. The number of hydrogen-bond donors (Lipinski definition) is 2. The minimum Gasteiger partial charge on any atom is -0.337 e. The molecule has 0 saturated heterocycles. The van der Waals surface area contributed by atoms with Crippen LogP contribution in [0.2, 0.25) is 0 Å². The molecule has 6 heterocycles. The van der Waals surface area contributed by atoms with Gasteiger partial charge >= 0.3 is 0 Å². The van der Waals surface area contributed by atoms with Gasteiger partial charge < -0.3 is 9.97 Å². The van der Waals surface area contributed by atoms with Gasteiger partial charge in [0.25, 0.3) is 0 Å². The average Bonchev–Trinajstić information content (AvgIpc) is 3.80. The summed E-state index contributed by atoms with van der Waals surface area (Å²) in [7, 11) is 0. The number of pyridine rings is 4. The summed E-state index contributed by atoms with van der Waals surface area (Å²) in [5, 5.41) is 4.13. The van der Waals surface area contributed by atoms with E-state index in [9.17, 15) is 0 Å². The number of rotatable bonds is 2. The van der Waals surface area contributed by atoms with Crippen molar-refractivity contribution in [2.45, 2.75) is 0 Å². The fourth-order valence-electron chi connectivity index (χ4n) is 6.15. The third-order valence-corrected chi connectivity index (χ3v) is 8.23. The highest BCUT2D eigenvalue weighted by atomic mass is 14.9. The van der Waals surface area contributed by atoms with Gasteiger partial charge in [0.05, 0.1) is 44.1 Å². The normalized spacial score (nSPS) is 11.5. The summed E-state index contributed by atoms with van der Waals surface area (Å²) in [6, 6.07) is 36.3. The number of fused-ring (bicyclic) bond motifs is 12. The van der Waals surface area contributed by atoms with Crippen LogP contribution >= 0.6 is 0 Å². The van der Waals surface area contributed by atoms with Crippen molar-refractivity contribution < 1.29 is 0 Å². The molecule has 4 aromatic carbocycles. The van der Waals surface area contributed by atoms with Crippen molar-refractivity contribution in [3.8, 4) is 22.8 Å². The second-order valence-electron chi connectivity index (χ2n) is 10.9. The summed E-state index contributed by atoms with van der Waals surface area (Å²) in [4.78, 5) is 34.7. The largest absolute Gasteiger partial charge is 0.337 e. The Morgan fingerprint density at radius 3 is 1.07 bits per heavy atom. The molecule has 0 saturated carbocycles. The van der Waals surface area contributed by atoms with Crippen molar-refractivity contribution in [3.05, 3.63) is 134 Å². The van der Waals surface area contributed by atoms with Crippen molar-refractivity contribution >= 4 is 65.7 Å². The standard InChI is InChI=1S/2C19H12N4/c2*1-2-6-12(7-3-1)19-22-17-13-8-4-10-20-15(13)16-14(18(17)23-19)9-5-11-21-16/h2*1-11H,(H,22,23). The van der Waals surface area contributed by atoms with E-state index in [0.717, 1.165) is 88.5 Å². The summed E-state index contributed by atoms with van der Waals surface area (Å²) in [6.07, 6.45) is 7.20. The summed E-state index contributed by atoms with van der Waals surface area (Å²) < 4.78 is 0. The molecule has 0 aliphatic rings. The molecule has 0 aliphatic carbocycles. The topological polar surface area (TPSA) is 109 Å². The minimum atomic E-state index is 0.863. The Kier molecular flexibility index (Phi) is 5.95. The van der Waals surface area contributed by atoms with E-state index in [0.29, 0.717) is 0 Å². The van der Waals surface area contributed by atoms with E-state index in [2.05, 4.69) is 78.4 Å². The van der Waals surface area contributed by atoms with Crippen LogP contribution in [0.3, 0.4) is 0 Å². The number of H-pyrrole nitrogens is 2. The molecule has 0 atom stereocenters. The number of nitrogens with zero attached hydrogens (tertiary/aromatic N) is 6. The smallest absolute Gasteiger partial charge is 0.138 e. The Labute approximate surface area is 261 Å². The monoisotopic (exact) mass is 592 g/mol. The quantitative estimate of drug-likeness (QED) is 0.195. The summed E-state index contributed by atoms with van der Waals surface area (Å²) >= 11 is 0. The van der Waals surface area contributed by atoms with E-state index in [1.807, 2.05) is 60.7 Å². The first kappa shape index (κ1) is 25.9. The highest BCUT2D eigenvalue weighted by Crippen LogP contribution is 2.34. The molecule has 0 radical (unpaired) electrons. The molecule has 0 amide bonds. The Balaban J connectivity index is 0.000000127. The first-order valence-electron chi connectivity index (χ1n) is 15.0. The van der Waals surface area contributed by atoms with Crippen molar-refractivity contribution in [1.29, 1.82) is 0 Å². The first-order valence-corrected chi connectivity index (χ1v) is 15.0. The molecule has 0 aliphatic heterocycles. The Hall–Kier alpha value is -6.54. The average molecular weight is 593 g/mol. The summed E-state index contributed by atoms with van der Waals surface area (Å²) in [6.45, 7) is 0. The molecule has 10 aromatic rings. The van der Waals surface area contributed by atoms with Crippen molar-refractivity contribution in [3.63, 3.8) is 0 Å². The van der Waals surface area contributed by atoms with Crippen LogP contribution in [0.15, 0.2) is 134 Å². The van der Waals surface area contributed by atoms with E-state index in [1.165, 1.54) is 0 Å². The molecule has 2 N–H and O–H groups in total. The van der Waals surface area contributed by atoms with Gasteiger partial charge in [0.1, 0.15) is 11.6 Å². The number of aromatic amines is 2. The summed E-state index contributed by atoms with van der Waals surface area (Å²) in [5.41, 5.74) is 9.61. The van der Waals surface area contributed by atoms with E-state index in [4.69, 9.17) is 9.97 Å². The third-order valence-electron chi connectivity index (χ3n) is 8.23. The van der Waals surface area contributed by atoms with Crippen LogP contribution in [0.1, 0.15) is 0 Å². The SMILES string of the molecule is c1ccc(-c2nc3c4cccnc4c4ncccc4c3[nH]2)cc1.c1ccc(-c2nc3c4cccnc4c4ncccc4c3[nH]2)cc1. The van der Waals surface area contributed by atoms with Gasteiger partial charge in [-0.2, -0.15) is 0 Å². The van der Waals surface area contributed by atoms with Crippen LogP contribution in [0, 0.1) is 0 Å². The molecule has 8 heteroatoms. The fraction of sp³-hybridized carbons (Fsp3) is 0. The van der Waals surface area contributed by atoms with Gasteiger partial charge in [0.2, 0.25) is 0 Å². The van der Waals surface area contributed by atoms with Gasteiger partial charge in [-0.3, -0.25) is 19.9 Å².